The summed E-state index contributed by atoms with van der Waals surface area (Å²) in [6.45, 7) is 2.43. The van der Waals surface area contributed by atoms with Crippen LogP contribution in [0.3, 0.4) is 0 Å². The zero-order chi connectivity index (χ0) is 17.6. The first-order chi connectivity index (χ1) is 12.1. The Bertz CT molecular complexity index is 724. The lowest BCUT2D eigenvalue weighted by Gasteiger charge is -2.25. The summed E-state index contributed by atoms with van der Waals surface area (Å²) in [5, 5.41) is 8.09. The predicted octanol–water partition coefficient (Wildman–Crippen LogP) is 2.16. The number of likely N-dealkylation sites (tertiary alicyclic amines) is 1. The Morgan fingerprint density at radius 3 is 2.88 bits per heavy atom. The molecule has 1 saturated heterocycles. The summed E-state index contributed by atoms with van der Waals surface area (Å²) in [5.74, 6) is -0.0708. The summed E-state index contributed by atoms with van der Waals surface area (Å²) < 4.78 is 1.68. The van der Waals surface area contributed by atoms with Gasteiger partial charge in [-0.05, 0) is 32.0 Å². The smallest absolute Gasteiger partial charge is 0.275 e. The Morgan fingerprint density at radius 1 is 1.36 bits per heavy atom. The highest BCUT2D eigenvalue weighted by Crippen LogP contribution is 2.16. The molecule has 0 radical (unpaired) electrons. The number of hydrogen-bond acceptors (Lipinski definition) is 4. The zero-order valence-corrected chi connectivity index (χ0v) is 14.9. The van der Waals surface area contributed by atoms with Gasteiger partial charge in [-0.2, -0.15) is 0 Å². The lowest BCUT2D eigenvalue weighted by Crippen LogP contribution is -2.39. The Labute approximate surface area is 148 Å². The first-order valence-corrected chi connectivity index (χ1v) is 8.71. The summed E-state index contributed by atoms with van der Waals surface area (Å²) >= 11 is 0. The third kappa shape index (κ3) is 4.54. The van der Waals surface area contributed by atoms with Crippen molar-refractivity contribution in [1.29, 1.82) is 0 Å². The maximum absolute atomic E-state index is 12.5. The SMILES string of the molecule is CN(C[C@H]1CCCN1C)C(=O)c1cn(C/C=C/c2ccccc2)nn1. The third-order valence-corrected chi connectivity index (χ3v) is 4.66. The van der Waals surface area contributed by atoms with Crippen molar-refractivity contribution in [3.63, 3.8) is 0 Å². The zero-order valence-electron chi connectivity index (χ0n) is 14.9. The lowest BCUT2D eigenvalue weighted by molar-refractivity contribution is 0.0755. The van der Waals surface area contributed by atoms with Gasteiger partial charge in [0, 0.05) is 19.6 Å². The van der Waals surface area contributed by atoms with Gasteiger partial charge in [-0.25, -0.2) is 4.68 Å². The number of carbonyl (C=O) groups is 1. The van der Waals surface area contributed by atoms with Crippen LogP contribution >= 0.6 is 0 Å². The first-order valence-electron chi connectivity index (χ1n) is 8.71. The molecule has 0 unspecified atom stereocenters. The highest BCUT2D eigenvalue weighted by Gasteiger charge is 2.25. The molecule has 0 aliphatic carbocycles. The highest BCUT2D eigenvalue weighted by molar-refractivity contribution is 5.91. The fourth-order valence-corrected chi connectivity index (χ4v) is 3.15. The van der Waals surface area contributed by atoms with E-state index >= 15 is 0 Å². The van der Waals surface area contributed by atoms with Gasteiger partial charge >= 0.3 is 0 Å². The largest absolute Gasteiger partial charge is 0.339 e. The predicted molar refractivity (Wildman–Crippen MR) is 98.1 cm³/mol. The molecule has 132 valence electrons. The van der Waals surface area contributed by atoms with Gasteiger partial charge in [0.25, 0.3) is 5.91 Å². The lowest BCUT2D eigenvalue weighted by atomic mass is 10.2. The molecule has 1 fully saturated rings. The van der Waals surface area contributed by atoms with Crippen LogP contribution in [0.1, 0.15) is 28.9 Å². The third-order valence-electron chi connectivity index (χ3n) is 4.66. The Morgan fingerprint density at radius 2 is 2.16 bits per heavy atom. The van der Waals surface area contributed by atoms with Gasteiger partial charge in [0.2, 0.25) is 0 Å². The van der Waals surface area contributed by atoms with Gasteiger partial charge < -0.3 is 9.80 Å². The molecule has 1 atom stereocenters. The molecule has 1 amide bonds. The van der Waals surface area contributed by atoms with E-state index in [4.69, 9.17) is 0 Å². The van der Waals surface area contributed by atoms with E-state index in [-0.39, 0.29) is 5.91 Å². The van der Waals surface area contributed by atoms with Gasteiger partial charge in [-0.1, -0.05) is 47.7 Å². The maximum atomic E-state index is 12.5. The standard InChI is InChI=1S/C19H25N5O/c1-22-12-7-11-17(22)14-23(2)19(25)18-15-24(21-20-18)13-6-10-16-8-4-3-5-9-16/h3-6,8-10,15,17H,7,11-14H2,1-2H3/b10-6+/t17-/m1/s1. The monoisotopic (exact) mass is 339 g/mol. The Kier molecular flexibility index (Phi) is 5.60. The quantitative estimate of drug-likeness (QED) is 0.809. The molecule has 0 spiro atoms. The molecule has 25 heavy (non-hydrogen) atoms. The second-order valence-corrected chi connectivity index (χ2v) is 6.60. The molecule has 0 saturated carbocycles. The number of amides is 1. The van der Waals surface area contributed by atoms with E-state index in [9.17, 15) is 4.79 Å². The van der Waals surface area contributed by atoms with Gasteiger partial charge in [-0.15, -0.1) is 5.10 Å². The fraction of sp³-hybridized carbons (Fsp3) is 0.421. The minimum Gasteiger partial charge on any atom is -0.339 e. The molecule has 6 nitrogen and oxygen atoms in total. The first kappa shape index (κ1) is 17.4. The number of carbonyl (C=O) groups excluding carboxylic acids is 1. The molecule has 1 aliphatic rings. The second kappa shape index (κ2) is 8.07. The van der Waals surface area contributed by atoms with Crippen LogP contribution in [0.25, 0.3) is 6.08 Å². The molecule has 1 aromatic heterocycles. The molecule has 6 heteroatoms. The molecule has 2 aromatic rings. The van der Waals surface area contributed by atoms with Crippen molar-refractivity contribution in [3.8, 4) is 0 Å². The van der Waals surface area contributed by atoms with E-state index in [1.165, 1.54) is 6.42 Å². The summed E-state index contributed by atoms with van der Waals surface area (Å²) in [6, 6.07) is 10.5. The van der Waals surface area contributed by atoms with E-state index in [1.54, 1.807) is 15.8 Å². The van der Waals surface area contributed by atoms with Crippen molar-refractivity contribution in [2.45, 2.75) is 25.4 Å². The molecular weight excluding hydrogens is 314 g/mol. The van der Waals surface area contributed by atoms with E-state index in [0.717, 1.165) is 25.1 Å². The topological polar surface area (TPSA) is 54.3 Å². The summed E-state index contributed by atoms with van der Waals surface area (Å²) in [7, 11) is 3.95. The molecule has 1 aromatic carbocycles. The van der Waals surface area contributed by atoms with Crippen LogP contribution in [0.4, 0.5) is 0 Å². The summed E-state index contributed by atoms with van der Waals surface area (Å²) in [6.07, 6.45) is 8.10. The molecule has 3 rings (SSSR count). The minimum absolute atomic E-state index is 0.0708. The normalized spacial score (nSPS) is 18.1. The average molecular weight is 339 g/mol. The van der Waals surface area contributed by atoms with Crippen LogP contribution in [0.2, 0.25) is 0 Å². The van der Waals surface area contributed by atoms with Gasteiger partial charge in [0.05, 0.1) is 12.7 Å². The Balaban J connectivity index is 1.55. The number of hydrogen-bond donors (Lipinski definition) is 0. The van der Waals surface area contributed by atoms with E-state index in [1.807, 2.05) is 49.5 Å². The molecule has 0 bridgehead atoms. The number of allylic oxidation sites excluding steroid dienone is 1. The number of aromatic nitrogens is 3. The average Bonchev–Trinajstić information content (AvgIpc) is 3.25. The van der Waals surface area contributed by atoms with Crippen molar-refractivity contribution in [2.24, 2.45) is 0 Å². The van der Waals surface area contributed by atoms with Crippen LogP contribution in [-0.4, -0.2) is 63.9 Å². The van der Waals surface area contributed by atoms with Crippen LogP contribution in [0.15, 0.2) is 42.6 Å². The molecule has 1 aliphatic heterocycles. The number of benzene rings is 1. The summed E-state index contributed by atoms with van der Waals surface area (Å²) in [5.41, 5.74) is 1.54. The van der Waals surface area contributed by atoms with Gasteiger partial charge in [0.15, 0.2) is 5.69 Å². The molecule has 2 heterocycles. The molecule has 0 N–H and O–H groups in total. The van der Waals surface area contributed by atoms with Crippen molar-refractivity contribution >= 4 is 12.0 Å². The van der Waals surface area contributed by atoms with Gasteiger partial charge in [0.1, 0.15) is 0 Å². The summed E-state index contributed by atoms with van der Waals surface area (Å²) in [4.78, 5) is 16.6. The second-order valence-electron chi connectivity index (χ2n) is 6.60. The van der Waals surface area contributed by atoms with Gasteiger partial charge in [-0.3, -0.25) is 4.79 Å². The van der Waals surface area contributed by atoms with E-state index < -0.39 is 0 Å². The van der Waals surface area contributed by atoms with Crippen molar-refractivity contribution in [3.05, 3.63) is 53.9 Å². The van der Waals surface area contributed by atoms with E-state index in [2.05, 4.69) is 22.3 Å². The Hall–Kier alpha value is -2.47. The number of nitrogens with zero attached hydrogens (tertiary/aromatic N) is 5. The van der Waals surface area contributed by atoms with Crippen molar-refractivity contribution in [2.75, 3.05) is 27.2 Å². The fourth-order valence-electron chi connectivity index (χ4n) is 3.15. The van der Waals surface area contributed by atoms with E-state index in [0.29, 0.717) is 18.3 Å². The maximum Gasteiger partial charge on any atom is 0.275 e. The molecular formula is C19H25N5O. The van der Waals surface area contributed by atoms with Crippen LogP contribution in [-0.2, 0) is 6.54 Å². The van der Waals surface area contributed by atoms with Crippen LogP contribution in [0, 0.1) is 0 Å². The number of rotatable bonds is 6. The van der Waals surface area contributed by atoms with Crippen LogP contribution in [0.5, 0.6) is 0 Å². The highest BCUT2D eigenvalue weighted by atomic mass is 16.2. The van der Waals surface area contributed by atoms with Crippen molar-refractivity contribution in [1.82, 2.24) is 24.8 Å². The number of likely N-dealkylation sites (N-methyl/N-ethyl adjacent to an activating group) is 2. The van der Waals surface area contributed by atoms with Crippen molar-refractivity contribution < 1.29 is 4.79 Å². The van der Waals surface area contributed by atoms with Crippen LogP contribution < -0.4 is 0 Å². The minimum atomic E-state index is -0.0708.